The lowest BCUT2D eigenvalue weighted by molar-refractivity contribution is 0.0908. The van der Waals surface area contributed by atoms with Gasteiger partial charge in [-0.3, -0.25) is 0 Å². The summed E-state index contributed by atoms with van der Waals surface area (Å²) >= 11 is 6.09. The van der Waals surface area contributed by atoms with Crippen LogP contribution >= 0.6 is 11.6 Å². The Labute approximate surface area is 119 Å². The lowest BCUT2D eigenvalue weighted by Gasteiger charge is -2.06. The molecule has 1 unspecified atom stereocenters. The molecular formula is C15H21ClN2O. The summed E-state index contributed by atoms with van der Waals surface area (Å²) in [5, 5.41) is 1.96. The van der Waals surface area contributed by atoms with Gasteiger partial charge in [-0.2, -0.15) is 0 Å². The third-order valence-corrected chi connectivity index (χ3v) is 3.60. The summed E-state index contributed by atoms with van der Waals surface area (Å²) in [6.07, 6.45) is 3.99. The average Bonchev–Trinajstić information content (AvgIpc) is 2.73. The fraction of sp³-hybridized carbons (Fsp3) is 0.467. The standard InChI is InChI=1S/C15H21ClN2O/c1-3-13(17)7-11-9-18(10-19-4-2)15-8-12(16)5-6-14(11)15/h5-6,8-9,13H,3-4,7,10,17H2,1-2H3. The lowest BCUT2D eigenvalue weighted by Crippen LogP contribution is -2.21. The summed E-state index contributed by atoms with van der Waals surface area (Å²) in [6.45, 7) is 5.35. The van der Waals surface area contributed by atoms with Crippen molar-refractivity contribution in [1.29, 1.82) is 0 Å². The first-order valence-corrected chi connectivity index (χ1v) is 7.14. The van der Waals surface area contributed by atoms with Crippen LogP contribution in [0.25, 0.3) is 10.9 Å². The highest BCUT2D eigenvalue weighted by Gasteiger charge is 2.11. The summed E-state index contributed by atoms with van der Waals surface area (Å²) in [7, 11) is 0. The van der Waals surface area contributed by atoms with E-state index in [4.69, 9.17) is 22.1 Å². The van der Waals surface area contributed by atoms with Crippen LogP contribution in [0.2, 0.25) is 5.02 Å². The van der Waals surface area contributed by atoms with Gasteiger partial charge in [0, 0.05) is 29.3 Å². The van der Waals surface area contributed by atoms with E-state index in [1.165, 1.54) is 10.9 Å². The molecule has 0 saturated heterocycles. The highest BCUT2D eigenvalue weighted by molar-refractivity contribution is 6.31. The molecule has 104 valence electrons. The summed E-state index contributed by atoms with van der Waals surface area (Å²) in [5.41, 5.74) is 8.44. The van der Waals surface area contributed by atoms with E-state index in [0.29, 0.717) is 13.3 Å². The van der Waals surface area contributed by atoms with Crippen molar-refractivity contribution in [3.63, 3.8) is 0 Å². The van der Waals surface area contributed by atoms with Gasteiger partial charge in [0.2, 0.25) is 0 Å². The van der Waals surface area contributed by atoms with Gasteiger partial charge >= 0.3 is 0 Å². The molecule has 0 aliphatic heterocycles. The summed E-state index contributed by atoms with van der Waals surface area (Å²) in [5.74, 6) is 0. The average molecular weight is 281 g/mol. The molecule has 2 rings (SSSR count). The first-order valence-electron chi connectivity index (χ1n) is 6.76. The molecule has 0 bridgehead atoms. The van der Waals surface area contributed by atoms with E-state index in [-0.39, 0.29) is 6.04 Å². The summed E-state index contributed by atoms with van der Waals surface area (Å²) < 4.78 is 7.60. The Kier molecular flexibility index (Phi) is 4.86. The fourth-order valence-electron chi connectivity index (χ4n) is 2.23. The quantitative estimate of drug-likeness (QED) is 0.879. The molecule has 2 N–H and O–H groups in total. The number of nitrogens with zero attached hydrogens (tertiary/aromatic N) is 1. The number of halogens is 1. The Morgan fingerprint density at radius 3 is 2.84 bits per heavy atom. The van der Waals surface area contributed by atoms with Gasteiger partial charge in [-0.1, -0.05) is 24.6 Å². The monoisotopic (exact) mass is 280 g/mol. The molecule has 0 saturated carbocycles. The Bertz CT molecular complexity index is 550. The topological polar surface area (TPSA) is 40.2 Å². The molecule has 1 heterocycles. The molecule has 0 radical (unpaired) electrons. The van der Waals surface area contributed by atoms with E-state index in [9.17, 15) is 0 Å². The van der Waals surface area contributed by atoms with Gasteiger partial charge in [-0.05, 0) is 37.5 Å². The normalized spacial score (nSPS) is 13.1. The second-order valence-electron chi connectivity index (χ2n) is 4.78. The van der Waals surface area contributed by atoms with Crippen molar-refractivity contribution < 1.29 is 4.74 Å². The largest absolute Gasteiger partial charge is 0.361 e. The first-order chi connectivity index (χ1) is 9.15. The van der Waals surface area contributed by atoms with E-state index >= 15 is 0 Å². The van der Waals surface area contributed by atoms with E-state index in [2.05, 4.69) is 23.8 Å². The Morgan fingerprint density at radius 2 is 2.16 bits per heavy atom. The van der Waals surface area contributed by atoms with Crippen LogP contribution in [0, 0.1) is 0 Å². The highest BCUT2D eigenvalue weighted by Crippen LogP contribution is 2.26. The van der Waals surface area contributed by atoms with Crippen LogP contribution in [-0.4, -0.2) is 17.2 Å². The lowest BCUT2D eigenvalue weighted by atomic mass is 10.0. The Morgan fingerprint density at radius 1 is 1.37 bits per heavy atom. The van der Waals surface area contributed by atoms with Crippen LogP contribution in [0.15, 0.2) is 24.4 Å². The van der Waals surface area contributed by atoms with Gasteiger partial charge in [-0.25, -0.2) is 0 Å². The maximum atomic E-state index is 6.09. The number of rotatable bonds is 6. The second kappa shape index (κ2) is 6.42. The van der Waals surface area contributed by atoms with Crippen molar-refractivity contribution in [2.45, 2.75) is 39.5 Å². The van der Waals surface area contributed by atoms with E-state index in [1.54, 1.807) is 0 Å². The molecule has 0 spiro atoms. The maximum absolute atomic E-state index is 6.09. The van der Waals surface area contributed by atoms with E-state index in [1.807, 2.05) is 19.1 Å². The predicted molar refractivity (Wildman–Crippen MR) is 80.5 cm³/mol. The van der Waals surface area contributed by atoms with Crippen molar-refractivity contribution in [3.05, 3.63) is 35.0 Å². The zero-order valence-corrected chi connectivity index (χ0v) is 12.3. The van der Waals surface area contributed by atoms with E-state index in [0.717, 1.165) is 23.4 Å². The molecule has 0 aliphatic rings. The molecule has 1 aromatic heterocycles. The highest BCUT2D eigenvalue weighted by atomic mass is 35.5. The van der Waals surface area contributed by atoms with Crippen LogP contribution < -0.4 is 5.73 Å². The van der Waals surface area contributed by atoms with Crippen LogP contribution in [-0.2, 0) is 17.9 Å². The third-order valence-electron chi connectivity index (χ3n) is 3.37. The van der Waals surface area contributed by atoms with Gasteiger partial charge < -0.3 is 15.0 Å². The van der Waals surface area contributed by atoms with Gasteiger partial charge in [0.15, 0.2) is 0 Å². The smallest absolute Gasteiger partial charge is 0.122 e. The Hall–Kier alpha value is -1.03. The number of aromatic nitrogens is 1. The molecule has 19 heavy (non-hydrogen) atoms. The minimum absolute atomic E-state index is 0.196. The van der Waals surface area contributed by atoms with Gasteiger partial charge in [0.25, 0.3) is 0 Å². The van der Waals surface area contributed by atoms with Crippen molar-refractivity contribution in [3.8, 4) is 0 Å². The first kappa shape index (κ1) is 14.4. The zero-order valence-electron chi connectivity index (χ0n) is 11.5. The van der Waals surface area contributed by atoms with Gasteiger partial charge in [0.1, 0.15) is 6.73 Å². The molecule has 0 fully saturated rings. The predicted octanol–water partition coefficient (Wildman–Crippen LogP) is 3.57. The zero-order chi connectivity index (χ0) is 13.8. The number of benzene rings is 1. The van der Waals surface area contributed by atoms with Crippen LogP contribution in [0.4, 0.5) is 0 Å². The second-order valence-corrected chi connectivity index (χ2v) is 5.22. The molecule has 4 heteroatoms. The minimum Gasteiger partial charge on any atom is -0.361 e. The van der Waals surface area contributed by atoms with Crippen molar-refractivity contribution >= 4 is 22.5 Å². The van der Waals surface area contributed by atoms with Crippen molar-refractivity contribution in [2.75, 3.05) is 6.61 Å². The molecule has 1 atom stereocenters. The Balaban J connectivity index is 2.40. The molecule has 0 amide bonds. The van der Waals surface area contributed by atoms with Gasteiger partial charge in [0.05, 0.1) is 5.52 Å². The third kappa shape index (κ3) is 3.30. The van der Waals surface area contributed by atoms with Crippen molar-refractivity contribution in [2.24, 2.45) is 5.73 Å². The van der Waals surface area contributed by atoms with Crippen LogP contribution in [0.3, 0.4) is 0 Å². The van der Waals surface area contributed by atoms with E-state index < -0.39 is 0 Å². The molecule has 0 aliphatic carbocycles. The number of hydrogen-bond acceptors (Lipinski definition) is 2. The summed E-state index contributed by atoms with van der Waals surface area (Å²) in [4.78, 5) is 0. The number of fused-ring (bicyclic) bond motifs is 1. The number of ether oxygens (including phenoxy) is 1. The number of nitrogens with two attached hydrogens (primary N) is 1. The summed E-state index contributed by atoms with van der Waals surface area (Å²) in [6, 6.07) is 6.17. The molecular weight excluding hydrogens is 260 g/mol. The minimum atomic E-state index is 0.196. The molecule has 2 aromatic rings. The number of hydrogen-bond donors (Lipinski definition) is 1. The maximum Gasteiger partial charge on any atom is 0.122 e. The van der Waals surface area contributed by atoms with Crippen LogP contribution in [0.1, 0.15) is 25.8 Å². The SMILES string of the molecule is CCOCn1cc(CC(N)CC)c2ccc(Cl)cc21. The molecule has 3 nitrogen and oxygen atoms in total. The van der Waals surface area contributed by atoms with Gasteiger partial charge in [-0.15, -0.1) is 0 Å². The fourth-order valence-corrected chi connectivity index (χ4v) is 2.39. The van der Waals surface area contributed by atoms with Crippen LogP contribution in [0.5, 0.6) is 0 Å². The van der Waals surface area contributed by atoms with Crippen molar-refractivity contribution in [1.82, 2.24) is 4.57 Å². The molecule has 1 aromatic carbocycles.